The predicted octanol–water partition coefficient (Wildman–Crippen LogP) is 4.69. The highest BCUT2D eigenvalue weighted by Gasteiger charge is 2.58. The van der Waals surface area contributed by atoms with E-state index < -0.39 is 5.41 Å². The second-order valence-electron chi connectivity index (χ2n) is 10.5. The Labute approximate surface area is 188 Å². The number of esters is 1. The second kappa shape index (κ2) is 10.2. The third kappa shape index (κ3) is 5.09. The first-order chi connectivity index (χ1) is 14.8. The Morgan fingerprint density at radius 3 is 2.52 bits per heavy atom. The maximum absolute atomic E-state index is 13.2. The summed E-state index contributed by atoms with van der Waals surface area (Å²) in [6.07, 6.45) is 12.3. The number of carbonyl (C=O) groups is 1. The number of allylic oxidation sites excluding steroid dienone is 3. The molecular weight excluding hydrogens is 392 g/mol. The van der Waals surface area contributed by atoms with Gasteiger partial charge in [-0.05, 0) is 62.7 Å². The summed E-state index contributed by atoms with van der Waals surface area (Å²) in [5.74, 6) is 0.890. The number of carbonyl (C=O) groups excluding carboxylic acids is 1. The highest BCUT2D eigenvalue weighted by atomic mass is 16.6. The molecule has 31 heavy (non-hydrogen) atoms. The van der Waals surface area contributed by atoms with Crippen LogP contribution in [0.15, 0.2) is 24.3 Å². The zero-order valence-electron chi connectivity index (χ0n) is 19.8. The topological polar surface area (TPSA) is 65.0 Å². The van der Waals surface area contributed by atoms with E-state index in [1.54, 1.807) is 5.57 Å². The molecule has 0 aromatic carbocycles. The van der Waals surface area contributed by atoms with Crippen molar-refractivity contribution in [2.75, 3.05) is 39.6 Å². The van der Waals surface area contributed by atoms with E-state index in [1.807, 2.05) is 0 Å². The Kier molecular flexibility index (Phi) is 8.04. The van der Waals surface area contributed by atoms with E-state index in [4.69, 9.17) is 19.3 Å². The standard InChI is InChI=1S/C26H42O5/c1-5-24(2)12-9-21-20(19-24)7-8-22-25(21,3)10-6-11-26(22,4)23(28)31-18-17-30-16-15-29-14-13-27/h5,19,21-22,27H,1,6-18H2,2-4H3/t21-,22+,24+,25+,26+/m0/s1. The summed E-state index contributed by atoms with van der Waals surface area (Å²) in [6, 6.07) is 0. The summed E-state index contributed by atoms with van der Waals surface area (Å²) < 4.78 is 16.4. The minimum Gasteiger partial charge on any atom is -0.463 e. The maximum Gasteiger partial charge on any atom is 0.312 e. The molecule has 0 aliphatic heterocycles. The molecule has 5 atom stereocenters. The molecule has 0 saturated heterocycles. The largest absolute Gasteiger partial charge is 0.463 e. The molecule has 3 aliphatic carbocycles. The number of hydrogen-bond donors (Lipinski definition) is 1. The van der Waals surface area contributed by atoms with Gasteiger partial charge in [-0.1, -0.05) is 38.0 Å². The van der Waals surface area contributed by atoms with Crippen LogP contribution in [0.2, 0.25) is 0 Å². The Morgan fingerprint density at radius 2 is 1.81 bits per heavy atom. The molecule has 5 heteroatoms. The van der Waals surface area contributed by atoms with Crippen molar-refractivity contribution in [2.24, 2.45) is 28.1 Å². The molecule has 0 bridgehead atoms. The van der Waals surface area contributed by atoms with Gasteiger partial charge < -0.3 is 19.3 Å². The van der Waals surface area contributed by atoms with Gasteiger partial charge in [0, 0.05) is 5.41 Å². The molecule has 176 valence electrons. The molecule has 0 heterocycles. The van der Waals surface area contributed by atoms with Crippen LogP contribution in [-0.4, -0.2) is 50.7 Å². The van der Waals surface area contributed by atoms with Crippen LogP contribution in [0, 0.1) is 28.1 Å². The number of fused-ring (bicyclic) bond motifs is 3. The Hall–Kier alpha value is -1.17. The quantitative estimate of drug-likeness (QED) is 0.307. The van der Waals surface area contributed by atoms with Crippen molar-refractivity contribution >= 4 is 5.97 Å². The minimum absolute atomic E-state index is 0.0159. The normalized spacial score (nSPS) is 37.4. The summed E-state index contributed by atoms with van der Waals surface area (Å²) in [5.41, 5.74) is 1.47. The zero-order valence-corrected chi connectivity index (χ0v) is 19.8. The SMILES string of the molecule is C=C[C@@]1(C)C=C2CC[C@@H]3[C@](C)(CCC[C@@]3(C)C(=O)OCCOCCOCCO)[C@H]2CC1. The van der Waals surface area contributed by atoms with E-state index in [2.05, 4.69) is 39.5 Å². The summed E-state index contributed by atoms with van der Waals surface area (Å²) >= 11 is 0. The summed E-state index contributed by atoms with van der Waals surface area (Å²) in [4.78, 5) is 13.2. The van der Waals surface area contributed by atoms with Gasteiger partial charge in [-0.3, -0.25) is 4.79 Å². The average molecular weight is 435 g/mol. The van der Waals surface area contributed by atoms with Crippen LogP contribution in [0.5, 0.6) is 0 Å². The first-order valence-corrected chi connectivity index (χ1v) is 12.1. The van der Waals surface area contributed by atoms with E-state index in [0.717, 1.165) is 32.1 Å². The van der Waals surface area contributed by atoms with Crippen LogP contribution in [0.4, 0.5) is 0 Å². The van der Waals surface area contributed by atoms with Crippen molar-refractivity contribution < 1.29 is 24.1 Å². The number of rotatable bonds is 10. The molecule has 1 N–H and O–H groups in total. The highest BCUT2D eigenvalue weighted by molar-refractivity contribution is 5.77. The molecule has 0 radical (unpaired) electrons. The van der Waals surface area contributed by atoms with Crippen LogP contribution in [0.25, 0.3) is 0 Å². The minimum atomic E-state index is -0.415. The van der Waals surface area contributed by atoms with Crippen molar-refractivity contribution in [2.45, 2.75) is 65.7 Å². The van der Waals surface area contributed by atoms with Gasteiger partial charge in [0.1, 0.15) is 6.61 Å². The summed E-state index contributed by atoms with van der Waals surface area (Å²) in [5, 5.41) is 8.68. The highest BCUT2D eigenvalue weighted by Crippen LogP contribution is 2.64. The van der Waals surface area contributed by atoms with Crippen molar-refractivity contribution in [1.82, 2.24) is 0 Å². The second-order valence-corrected chi connectivity index (χ2v) is 10.5. The molecule has 3 aliphatic rings. The molecule has 2 fully saturated rings. The molecule has 3 rings (SSSR count). The van der Waals surface area contributed by atoms with E-state index >= 15 is 0 Å². The van der Waals surface area contributed by atoms with E-state index in [0.29, 0.717) is 38.3 Å². The lowest BCUT2D eigenvalue weighted by molar-refractivity contribution is -0.173. The first kappa shape index (κ1) is 24.5. The van der Waals surface area contributed by atoms with Gasteiger partial charge in [-0.15, -0.1) is 6.58 Å². The van der Waals surface area contributed by atoms with Gasteiger partial charge in [0.25, 0.3) is 0 Å². The van der Waals surface area contributed by atoms with Gasteiger partial charge in [0.2, 0.25) is 0 Å². The number of ether oxygens (including phenoxy) is 3. The molecule has 0 aromatic heterocycles. The Bertz CT molecular complexity index is 673. The average Bonchev–Trinajstić information content (AvgIpc) is 2.75. The van der Waals surface area contributed by atoms with Crippen LogP contribution >= 0.6 is 0 Å². The fraction of sp³-hybridized carbons (Fsp3) is 0.808. The fourth-order valence-corrected chi connectivity index (χ4v) is 6.68. The van der Waals surface area contributed by atoms with Gasteiger partial charge in [-0.25, -0.2) is 0 Å². The van der Waals surface area contributed by atoms with Crippen molar-refractivity contribution in [3.8, 4) is 0 Å². The van der Waals surface area contributed by atoms with Gasteiger partial charge >= 0.3 is 5.97 Å². The summed E-state index contributed by atoms with van der Waals surface area (Å²) in [6.45, 7) is 12.8. The van der Waals surface area contributed by atoms with Crippen LogP contribution in [0.3, 0.4) is 0 Å². The van der Waals surface area contributed by atoms with E-state index in [-0.39, 0.29) is 30.0 Å². The Morgan fingerprint density at radius 1 is 1.10 bits per heavy atom. The van der Waals surface area contributed by atoms with Crippen molar-refractivity contribution in [3.63, 3.8) is 0 Å². The number of aliphatic hydroxyl groups is 1. The molecule has 0 amide bonds. The van der Waals surface area contributed by atoms with Crippen LogP contribution in [0.1, 0.15) is 65.7 Å². The van der Waals surface area contributed by atoms with E-state index in [9.17, 15) is 4.79 Å². The zero-order chi connectivity index (χ0) is 22.5. The molecule has 0 unspecified atom stereocenters. The monoisotopic (exact) mass is 434 g/mol. The van der Waals surface area contributed by atoms with Crippen LogP contribution < -0.4 is 0 Å². The lowest BCUT2D eigenvalue weighted by Gasteiger charge is -2.59. The smallest absolute Gasteiger partial charge is 0.312 e. The number of aliphatic hydroxyl groups excluding tert-OH is 1. The van der Waals surface area contributed by atoms with Crippen molar-refractivity contribution in [3.05, 3.63) is 24.3 Å². The first-order valence-electron chi connectivity index (χ1n) is 12.1. The van der Waals surface area contributed by atoms with Crippen molar-refractivity contribution in [1.29, 1.82) is 0 Å². The van der Waals surface area contributed by atoms with Gasteiger partial charge in [0.05, 0.1) is 38.4 Å². The van der Waals surface area contributed by atoms with Gasteiger partial charge in [-0.2, -0.15) is 0 Å². The predicted molar refractivity (Wildman–Crippen MR) is 122 cm³/mol. The lowest BCUT2D eigenvalue weighted by Crippen LogP contribution is -2.54. The molecule has 0 spiro atoms. The molecule has 5 nitrogen and oxygen atoms in total. The molecule has 0 aromatic rings. The third-order valence-corrected chi connectivity index (χ3v) is 8.43. The fourth-order valence-electron chi connectivity index (χ4n) is 6.68. The van der Waals surface area contributed by atoms with E-state index in [1.165, 1.54) is 12.8 Å². The third-order valence-electron chi connectivity index (χ3n) is 8.43. The van der Waals surface area contributed by atoms with Crippen LogP contribution in [-0.2, 0) is 19.0 Å². The lowest BCUT2D eigenvalue weighted by atomic mass is 9.45. The summed E-state index contributed by atoms with van der Waals surface area (Å²) in [7, 11) is 0. The molecular formula is C26H42O5. The Balaban J connectivity index is 1.59. The maximum atomic E-state index is 13.2. The number of hydrogen-bond acceptors (Lipinski definition) is 5. The molecule has 2 saturated carbocycles. The van der Waals surface area contributed by atoms with Gasteiger partial charge in [0.15, 0.2) is 0 Å².